The van der Waals surface area contributed by atoms with Gasteiger partial charge in [0.1, 0.15) is 0 Å². The third-order valence-electron chi connectivity index (χ3n) is 3.71. The van der Waals surface area contributed by atoms with E-state index in [4.69, 9.17) is 9.84 Å². The highest BCUT2D eigenvalue weighted by molar-refractivity contribution is 5.85. The number of hydrogen-bond acceptors (Lipinski definition) is 3. The number of benzene rings is 1. The van der Waals surface area contributed by atoms with Gasteiger partial charge in [-0.3, -0.25) is 4.90 Å². The zero-order chi connectivity index (χ0) is 15.1. The summed E-state index contributed by atoms with van der Waals surface area (Å²) in [5.74, 6) is -0.922. The first-order valence-corrected chi connectivity index (χ1v) is 7.51. The Morgan fingerprint density at radius 3 is 3.05 bits per heavy atom. The van der Waals surface area contributed by atoms with E-state index >= 15 is 0 Å². The Morgan fingerprint density at radius 1 is 1.52 bits per heavy atom. The molecule has 0 aromatic heterocycles. The molecule has 1 aliphatic rings. The minimum absolute atomic E-state index is 0.361. The normalized spacial score (nSPS) is 18.7. The van der Waals surface area contributed by atoms with Gasteiger partial charge in [0.2, 0.25) is 0 Å². The Morgan fingerprint density at radius 2 is 2.38 bits per heavy atom. The lowest BCUT2D eigenvalue weighted by atomic mass is 10.1. The second-order valence-electron chi connectivity index (χ2n) is 5.38. The van der Waals surface area contributed by atoms with Gasteiger partial charge in [0, 0.05) is 25.8 Å². The standard InChI is InChI=1S/C17H23NO3/c1-2-18(13-16-7-4-10-21-16)12-15-6-3-5-14(11-15)8-9-17(19)20/h3,5-6,8-9,11,16H,2,4,7,10,12-13H2,1H3,(H,19,20). The van der Waals surface area contributed by atoms with E-state index in [1.807, 2.05) is 18.2 Å². The molecule has 0 bridgehead atoms. The van der Waals surface area contributed by atoms with E-state index < -0.39 is 5.97 Å². The van der Waals surface area contributed by atoms with Crippen molar-refractivity contribution in [3.05, 3.63) is 41.5 Å². The molecule has 0 spiro atoms. The zero-order valence-corrected chi connectivity index (χ0v) is 12.5. The van der Waals surface area contributed by atoms with Crippen molar-refractivity contribution >= 4 is 12.0 Å². The largest absolute Gasteiger partial charge is 0.478 e. The molecular weight excluding hydrogens is 266 g/mol. The quantitative estimate of drug-likeness (QED) is 0.784. The summed E-state index contributed by atoms with van der Waals surface area (Å²) in [4.78, 5) is 12.9. The monoisotopic (exact) mass is 289 g/mol. The Kier molecular flexibility index (Phi) is 5.96. The van der Waals surface area contributed by atoms with Gasteiger partial charge >= 0.3 is 5.97 Å². The van der Waals surface area contributed by atoms with Crippen LogP contribution in [0.3, 0.4) is 0 Å². The number of carboxylic acid groups (broad SMARTS) is 1. The number of carboxylic acids is 1. The molecule has 1 aromatic rings. The van der Waals surface area contributed by atoms with Gasteiger partial charge in [-0.25, -0.2) is 4.79 Å². The van der Waals surface area contributed by atoms with Gasteiger partial charge in [-0.2, -0.15) is 0 Å². The maximum atomic E-state index is 10.6. The number of ether oxygens (including phenoxy) is 1. The highest BCUT2D eigenvalue weighted by Gasteiger charge is 2.18. The molecule has 1 saturated heterocycles. The third kappa shape index (κ3) is 5.33. The Hall–Kier alpha value is -1.65. The van der Waals surface area contributed by atoms with Gasteiger partial charge < -0.3 is 9.84 Å². The molecular formula is C17H23NO3. The van der Waals surface area contributed by atoms with Crippen LogP contribution in [0, 0.1) is 0 Å². The van der Waals surface area contributed by atoms with Crippen molar-refractivity contribution in [3.8, 4) is 0 Å². The van der Waals surface area contributed by atoms with Crippen LogP contribution in [-0.2, 0) is 16.1 Å². The van der Waals surface area contributed by atoms with Crippen molar-refractivity contribution < 1.29 is 14.6 Å². The number of rotatable bonds is 7. The van der Waals surface area contributed by atoms with Crippen LogP contribution < -0.4 is 0 Å². The maximum Gasteiger partial charge on any atom is 0.328 e. The summed E-state index contributed by atoms with van der Waals surface area (Å²) in [6.07, 6.45) is 5.47. The third-order valence-corrected chi connectivity index (χ3v) is 3.71. The van der Waals surface area contributed by atoms with Crippen molar-refractivity contribution in [3.63, 3.8) is 0 Å². The highest BCUT2D eigenvalue weighted by atomic mass is 16.5. The lowest BCUT2D eigenvalue weighted by Gasteiger charge is -2.23. The lowest BCUT2D eigenvalue weighted by Crippen LogP contribution is -2.31. The van der Waals surface area contributed by atoms with E-state index in [1.165, 1.54) is 11.6 Å². The van der Waals surface area contributed by atoms with E-state index in [-0.39, 0.29) is 0 Å². The summed E-state index contributed by atoms with van der Waals surface area (Å²) in [7, 11) is 0. The SMILES string of the molecule is CCN(Cc1cccc(C=CC(=O)O)c1)CC1CCCO1. The summed E-state index contributed by atoms with van der Waals surface area (Å²) >= 11 is 0. The predicted octanol–water partition coefficient (Wildman–Crippen LogP) is 2.79. The van der Waals surface area contributed by atoms with Crippen molar-refractivity contribution in [2.45, 2.75) is 32.4 Å². The fourth-order valence-corrected chi connectivity index (χ4v) is 2.60. The van der Waals surface area contributed by atoms with Crippen LogP contribution in [0.15, 0.2) is 30.3 Å². The molecule has 1 atom stereocenters. The van der Waals surface area contributed by atoms with Gasteiger partial charge in [0.25, 0.3) is 0 Å². The van der Waals surface area contributed by atoms with E-state index in [9.17, 15) is 4.79 Å². The number of carbonyl (C=O) groups is 1. The fraction of sp³-hybridized carbons (Fsp3) is 0.471. The molecule has 114 valence electrons. The molecule has 0 saturated carbocycles. The van der Waals surface area contributed by atoms with Crippen molar-refractivity contribution in [2.75, 3.05) is 19.7 Å². The minimum atomic E-state index is -0.922. The van der Waals surface area contributed by atoms with Gasteiger partial charge in [-0.1, -0.05) is 31.2 Å². The molecule has 1 aliphatic heterocycles. The number of nitrogens with zero attached hydrogens (tertiary/aromatic N) is 1. The second-order valence-corrected chi connectivity index (χ2v) is 5.38. The summed E-state index contributed by atoms with van der Waals surface area (Å²) in [6, 6.07) is 8.00. The predicted molar refractivity (Wildman–Crippen MR) is 83.0 cm³/mol. The van der Waals surface area contributed by atoms with E-state index in [0.29, 0.717) is 6.10 Å². The molecule has 1 fully saturated rings. The second kappa shape index (κ2) is 7.96. The summed E-state index contributed by atoms with van der Waals surface area (Å²) in [6.45, 7) is 5.85. The average molecular weight is 289 g/mol. The number of hydrogen-bond donors (Lipinski definition) is 1. The number of aliphatic carboxylic acids is 1. The first-order valence-electron chi connectivity index (χ1n) is 7.51. The van der Waals surface area contributed by atoms with Crippen LogP contribution in [0.2, 0.25) is 0 Å². The van der Waals surface area contributed by atoms with Gasteiger partial charge in [-0.05, 0) is 36.6 Å². The molecule has 21 heavy (non-hydrogen) atoms. The van der Waals surface area contributed by atoms with Crippen molar-refractivity contribution in [2.24, 2.45) is 0 Å². The summed E-state index contributed by atoms with van der Waals surface area (Å²) in [5, 5.41) is 8.68. The topological polar surface area (TPSA) is 49.8 Å². The molecule has 1 heterocycles. The molecule has 1 N–H and O–H groups in total. The molecule has 0 aliphatic carbocycles. The van der Waals surface area contributed by atoms with Crippen LogP contribution in [0.25, 0.3) is 6.08 Å². The minimum Gasteiger partial charge on any atom is -0.478 e. The lowest BCUT2D eigenvalue weighted by molar-refractivity contribution is -0.131. The Labute approximate surface area is 126 Å². The van der Waals surface area contributed by atoms with E-state index in [2.05, 4.69) is 17.9 Å². The van der Waals surface area contributed by atoms with Crippen LogP contribution >= 0.6 is 0 Å². The fourth-order valence-electron chi connectivity index (χ4n) is 2.60. The van der Waals surface area contributed by atoms with E-state index in [1.54, 1.807) is 6.08 Å². The number of likely N-dealkylation sites (N-methyl/N-ethyl adjacent to an activating group) is 1. The molecule has 1 unspecified atom stereocenters. The van der Waals surface area contributed by atoms with E-state index in [0.717, 1.165) is 44.6 Å². The molecule has 4 heteroatoms. The summed E-state index contributed by atoms with van der Waals surface area (Å²) in [5.41, 5.74) is 2.12. The molecule has 2 rings (SSSR count). The first kappa shape index (κ1) is 15.7. The zero-order valence-electron chi connectivity index (χ0n) is 12.5. The van der Waals surface area contributed by atoms with Crippen LogP contribution in [0.5, 0.6) is 0 Å². The first-order chi connectivity index (χ1) is 10.2. The van der Waals surface area contributed by atoms with Gasteiger partial charge in [0.05, 0.1) is 6.10 Å². The molecule has 0 radical (unpaired) electrons. The van der Waals surface area contributed by atoms with Crippen molar-refractivity contribution in [1.29, 1.82) is 0 Å². The average Bonchev–Trinajstić information content (AvgIpc) is 2.98. The summed E-state index contributed by atoms with van der Waals surface area (Å²) < 4.78 is 5.69. The van der Waals surface area contributed by atoms with Crippen molar-refractivity contribution in [1.82, 2.24) is 4.90 Å². The Bertz CT molecular complexity index is 493. The molecule has 1 aromatic carbocycles. The smallest absolute Gasteiger partial charge is 0.328 e. The van der Waals surface area contributed by atoms with Crippen LogP contribution in [-0.4, -0.2) is 41.8 Å². The molecule has 0 amide bonds. The Balaban J connectivity index is 1.96. The maximum absolute atomic E-state index is 10.6. The van der Waals surface area contributed by atoms with Crippen LogP contribution in [0.1, 0.15) is 30.9 Å². The molecule has 4 nitrogen and oxygen atoms in total. The van der Waals surface area contributed by atoms with Gasteiger partial charge in [0.15, 0.2) is 0 Å². The van der Waals surface area contributed by atoms with Gasteiger partial charge in [-0.15, -0.1) is 0 Å². The highest BCUT2D eigenvalue weighted by Crippen LogP contribution is 2.15. The van der Waals surface area contributed by atoms with Crippen LogP contribution in [0.4, 0.5) is 0 Å².